The first-order valence-corrected chi connectivity index (χ1v) is 9.64. The monoisotopic (exact) mass is 416 g/mol. The van der Waals surface area contributed by atoms with Crippen molar-refractivity contribution >= 4 is 17.8 Å². The highest BCUT2D eigenvalue weighted by Gasteiger charge is 2.24. The van der Waals surface area contributed by atoms with Gasteiger partial charge in [0, 0.05) is 12.1 Å². The van der Waals surface area contributed by atoms with Gasteiger partial charge in [-0.1, -0.05) is 12.1 Å². The van der Waals surface area contributed by atoms with Gasteiger partial charge in [-0.3, -0.25) is 4.79 Å². The van der Waals surface area contributed by atoms with E-state index in [2.05, 4.69) is 5.32 Å². The summed E-state index contributed by atoms with van der Waals surface area (Å²) in [6.07, 6.45) is 0.208. The third-order valence-electron chi connectivity index (χ3n) is 4.20. The third-order valence-corrected chi connectivity index (χ3v) is 4.20. The Morgan fingerprint density at radius 1 is 1.07 bits per heavy atom. The third kappa shape index (κ3) is 8.83. The number of phenolic OH excluding ortho intramolecular Hbond substituents is 1. The molecular formula is C22H28N2O6. The molecule has 2 aromatic carbocycles. The molecule has 4 N–H and O–H groups in total. The summed E-state index contributed by atoms with van der Waals surface area (Å²) in [7, 11) is 0. The van der Waals surface area contributed by atoms with E-state index in [1.165, 1.54) is 0 Å². The van der Waals surface area contributed by atoms with Gasteiger partial charge in [-0.25, -0.2) is 4.79 Å². The first kappa shape index (κ1) is 23.0. The number of rotatable bonds is 10. The number of ether oxygens (including phenoxy) is 3. The Labute approximate surface area is 175 Å². The maximum atomic E-state index is 11.9. The van der Waals surface area contributed by atoms with Gasteiger partial charge in [-0.2, -0.15) is 0 Å². The van der Waals surface area contributed by atoms with Crippen LogP contribution in [0.3, 0.4) is 0 Å². The first-order valence-electron chi connectivity index (χ1n) is 9.64. The quantitative estimate of drug-likeness (QED) is 0.234. The van der Waals surface area contributed by atoms with Crippen LogP contribution in [0.4, 0.5) is 10.5 Å². The second-order valence-corrected chi connectivity index (χ2v) is 7.35. The number of hydrogen-bond acceptors (Lipinski definition) is 8. The molecule has 0 aliphatic carbocycles. The summed E-state index contributed by atoms with van der Waals surface area (Å²) in [5, 5.41) is 12.3. The van der Waals surface area contributed by atoms with Crippen molar-refractivity contribution < 1.29 is 28.9 Å². The van der Waals surface area contributed by atoms with Crippen LogP contribution in [0.5, 0.6) is 11.5 Å². The number of aromatic hydroxyl groups is 1. The molecule has 8 nitrogen and oxygen atoms in total. The molecule has 0 unspecified atom stereocenters. The minimum atomic E-state index is -0.864. The molecule has 0 fully saturated rings. The average Bonchev–Trinajstić information content (AvgIpc) is 2.68. The van der Waals surface area contributed by atoms with Crippen LogP contribution >= 0.6 is 0 Å². The van der Waals surface area contributed by atoms with Crippen molar-refractivity contribution in [1.29, 1.82) is 0 Å². The van der Waals surface area contributed by atoms with Gasteiger partial charge in [0.25, 0.3) is 0 Å². The van der Waals surface area contributed by atoms with Crippen LogP contribution in [0, 0.1) is 0 Å². The van der Waals surface area contributed by atoms with Crippen LogP contribution < -0.4 is 15.8 Å². The summed E-state index contributed by atoms with van der Waals surface area (Å²) in [5.74, 6) is 0.163. The van der Waals surface area contributed by atoms with Crippen LogP contribution in [0.1, 0.15) is 25.8 Å². The van der Waals surface area contributed by atoms with Crippen molar-refractivity contribution in [3.63, 3.8) is 0 Å². The van der Waals surface area contributed by atoms with Gasteiger partial charge in [0.05, 0.1) is 13.2 Å². The van der Waals surface area contributed by atoms with Crippen LogP contribution in [0.2, 0.25) is 0 Å². The molecule has 2 aromatic rings. The minimum absolute atomic E-state index is 0.0819. The Morgan fingerprint density at radius 3 is 2.40 bits per heavy atom. The van der Waals surface area contributed by atoms with Gasteiger partial charge in [0.15, 0.2) is 0 Å². The van der Waals surface area contributed by atoms with E-state index in [1.54, 1.807) is 50.2 Å². The molecule has 0 aliphatic heterocycles. The average molecular weight is 416 g/mol. The fraction of sp³-hybridized carbons (Fsp3) is 0.364. The number of esters is 1. The molecule has 0 saturated carbocycles. The number of carbonyl (C=O) groups is 2. The van der Waals surface area contributed by atoms with E-state index in [4.69, 9.17) is 19.9 Å². The Bertz CT molecular complexity index is 819. The maximum Gasteiger partial charge on any atom is 0.514 e. The summed E-state index contributed by atoms with van der Waals surface area (Å²) < 4.78 is 15.6. The molecule has 0 atom stereocenters. The number of nitrogens with one attached hydrogen (secondary N) is 1. The van der Waals surface area contributed by atoms with E-state index in [0.29, 0.717) is 24.4 Å². The fourth-order valence-electron chi connectivity index (χ4n) is 2.48. The van der Waals surface area contributed by atoms with E-state index >= 15 is 0 Å². The minimum Gasteiger partial charge on any atom is -0.508 e. The highest BCUT2D eigenvalue weighted by molar-refractivity contribution is 5.71. The van der Waals surface area contributed by atoms with Crippen molar-refractivity contribution in [2.24, 2.45) is 0 Å². The number of nitrogen functional groups attached to an aromatic ring is 1. The summed E-state index contributed by atoms with van der Waals surface area (Å²) in [4.78, 5) is 23.7. The SMILES string of the molecule is CC(C)(CCOC(=O)CNCCc1ccc(O)cc1)OC(=O)Oc1ccc(N)cc1. The van der Waals surface area contributed by atoms with Crippen molar-refractivity contribution in [1.82, 2.24) is 5.32 Å². The zero-order valence-electron chi connectivity index (χ0n) is 17.2. The number of nitrogens with two attached hydrogens (primary N) is 1. The Morgan fingerprint density at radius 2 is 1.73 bits per heavy atom. The standard InChI is InChI=1S/C22H28N2O6/c1-22(2,30-21(27)29-19-9-5-17(23)6-10-19)12-14-28-20(26)15-24-13-11-16-3-7-18(25)8-4-16/h3-10,24-25H,11-15,23H2,1-2H3. The Hall–Kier alpha value is -3.26. The van der Waals surface area contributed by atoms with Gasteiger partial charge in [0.2, 0.25) is 0 Å². The van der Waals surface area contributed by atoms with E-state index < -0.39 is 11.8 Å². The van der Waals surface area contributed by atoms with Crippen molar-refractivity contribution in [3.05, 3.63) is 54.1 Å². The predicted octanol–water partition coefficient (Wildman–Crippen LogP) is 3.03. The maximum absolute atomic E-state index is 11.9. The first-order chi connectivity index (χ1) is 14.2. The van der Waals surface area contributed by atoms with Gasteiger partial charge >= 0.3 is 12.1 Å². The zero-order valence-corrected chi connectivity index (χ0v) is 17.2. The molecule has 0 spiro atoms. The Balaban J connectivity index is 1.60. The summed E-state index contributed by atoms with van der Waals surface area (Å²) >= 11 is 0. The number of anilines is 1. The van der Waals surface area contributed by atoms with Gasteiger partial charge in [0.1, 0.15) is 17.1 Å². The van der Waals surface area contributed by atoms with Crippen LogP contribution in [-0.2, 0) is 20.7 Å². The molecular weight excluding hydrogens is 388 g/mol. The van der Waals surface area contributed by atoms with Gasteiger partial charge in [-0.15, -0.1) is 0 Å². The normalized spacial score (nSPS) is 11.0. The smallest absolute Gasteiger partial charge is 0.508 e. The molecule has 0 aliphatic rings. The summed E-state index contributed by atoms with van der Waals surface area (Å²) in [6, 6.07) is 13.3. The molecule has 2 rings (SSSR count). The molecule has 0 amide bonds. The second-order valence-electron chi connectivity index (χ2n) is 7.35. The van der Waals surface area contributed by atoms with E-state index in [0.717, 1.165) is 12.0 Å². The van der Waals surface area contributed by atoms with Crippen LogP contribution in [0.25, 0.3) is 0 Å². The molecule has 0 saturated heterocycles. The number of benzene rings is 2. The zero-order chi connectivity index (χ0) is 22.0. The van der Waals surface area contributed by atoms with Crippen molar-refractivity contribution in [2.45, 2.75) is 32.3 Å². The summed E-state index contributed by atoms with van der Waals surface area (Å²) in [6.45, 7) is 4.21. The number of phenols is 1. The molecule has 0 heterocycles. The van der Waals surface area contributed by atoms with E-state index in [-0.39, 0.29) is 24.9 Å². The molecule has 30 heavy (non-hydrogen) atoms. The molecule has 0 radical (unpaired) electrons. The summed E-state index contributed by atoms with van der Waals surface area (Å²) in [5.41, 5.74) is 6.34. The molecule has 8 heteroatoms. The van der Waals surface area contributed by atoms with Gasteiger partial charge < -0.3 is 30.4 Å². The lowest BCUT2D eigenvalue weighted by Gasteiger charge is -2.24. The van der Waals surface area contributed by atoms with Crippen molar-refractivity contribution in [3.8, 4) is 11.5 Å². The number of hydrogen-bond donors (Lipinski definition) is 3. The lowest BCUT2D eigenvalue weighted by atomic mass is 10.1. The van der Waals surface area contributed by atoms with Gasteiger partial charge in [-0.05, 0) is 68.8 Å². The molecule has 0 aromatic heterocycles. The lowest BCUT2D eigenvalue weighted by Crippen LogP contribution is -2.32. The second kappa shape index (κ2) is 11.1. The van der Waals surface area contributed by atoms with E-state index in [9.17, 15) is 14.7 Å². The van der Waals surface area contributed by atoms with Crippen molar-refractivity contribution in [2.75, 3.05) is 25.4 Å². The topological polar surface area (TPSA) is 120 Å². The predicted molar refractivity (Wildman–Crippen MR) is 112 cm³/mol. The van der Waals surface area contributed by atoms with Crippen LogP contribution in [-0.4, -0.2) is 42.5 Å². The van der Waals surface area contributed by atoms with Crippen LogP contribution in [0.15, 0.2) is 48.5 Å². The Kier molecular flexibility index (Phi) is 8.49. The fourth-order valence-corrected chi connectivity index (χ4v) is 2.48. The highest BCUT2D eigenvalue weighted by atomic mass is 16.7. The number of carbonyl (C=O) groups excluding carboxylic acids is 2. The molecule has 162 valence electrons. The lowest BCUT2D eigenvalue weighted by molar-refractivity contribution is -0.143. The largest absolute Gasteiger partial charge is 0.514 e. The highest BCUT2D eigenvalue weighted by Crippen LogP contribution is 2.18. The van der Waals surface area contributed by atoms with E-state index in [1.807, 2.05) is 12.1 Å². The molecule has 0 bridgehead atoms.